The van der Waals surface area contributed by atoms with E-state index >= 15 is 0 Å². The summed E-state index contributed by atoms with van der Waals surface area (Å²) in [5, 5.41) is 12.3. The molecule has 0 aliphatic rings. The molecule has 0 unspecified atom stereocenters. The lowest BCUT2D eigenvalue weighted by molar-refractivity contribution is 0.0692. The minimum atomic E-state index is -3.82. The van der Waals surface area contributed by atoms with E-state index in [0.717, 1.165) is 18.2 Å². The molecule has 0 saturated carbocycles. The average Bonchev–Trinajstić information content (AvgIpc) is 2.75. The predicted molar refractivity (Wildman–Crippen MR) is 70.8 cm³/mol. The van der Waals surface area contributed by atoms with Gasteiger partial charge in [-0.15, -0.1) is 0 Å². The molecule has 0 aliphatic heterocycles. The largest absolute Gasteiger partial charge is 0.478 e. The molecule has 1 aromatic carbocycles. The molecule has 0 atom stereocenters. The zero-order valence-electron chi connectivity index (χ0n) is 10.8. The van der Waals surface area contributed by atoms with Gasteiger partial charge in [0.1, 0.15) is 23.0 Å². The number of sulfonamides is 1. The van der Waals surface area contributed by atoms with Crippen LogP contribution in [-0.4, -0.2) is 24.7 Å². The number of aromatic nitrogens is 1. The van der Waals surface area contributed by atoms with Crippen LogP contribution in [-0.2, 0) is 15.8 Å². The molecule has 0 bridgehead atoms. The fourth-order valence-corrected chi connectivity index (χ4v) is 2.73. The van der Waals surface area contributed by atoms with Crippen LogP contribution in [0.1, 0.15) is 21.8 Å². The molecule has 9 heteroatoms. The van der Waals surface area contributed by atoms with Crippen molar-refractivity contribution in [2.75, 3.05) is 4.72 Å². The average molecular weight is 314 g/mol. The van der Waals surface area contributed by atoms with Crippen LogP contribution in [0.5, 0.6) is 0 Å². The van der Waals surface area contributed by atoms with Gasteiger partial charge in [-0.2, -0.15) is 0 Å². The number of rotatable bonds is 5. The van der Waals surface area contributed by atoms with Crippen LogP contribution >= 0.6 is 0 Å². The molecular formula is C12H11FN2O5S. The Hall–Kier alpha value is -2.42. The van der Waals surface area contributed by atoms with Gasteiger partial charge in [0.15, 0.2) is 0 Å². The minimum Gasteiger partial charge on any atom is -0.478 e. The van der Waals surface area contributed by atoms with Gasteiger partial charge in [0.05, 0.1) is 5.56 Å². The van der Waals surface area contributed by atoms with Gasteiger partial charge in [-0.05, 0) is 25.1 Å². The number of carboxylic acids is 1. The molecule has 0 radical (unpaired) electrons. The number of aromatic carboxylic acids is 1. The van der Waals surface area contributed by atoms with Crippen molar-refractivity contribution >= 4 is 21.7 Å². The van der Waals surface area contributed by atoms with Gasteiger partial charge in [-0.3, -0.25) is 4.72 Å². The Morgan fingerprint density at radius 1 is 1.43 bits per heavy atom. The second-order valence-corrected chi connectivity index (χ2v) is 6.01. The highest BCUT2D eigenvalue weighted by atomic mass is 32.2. The monoisotopic (exact) mass is 314 g/mol. The summed E-state index contributed by atoms with van der Waals surface area (Å²) in [6.45, 7) is 1.62. The molecule has 2 aromatic rings. The summed E-state index contributed by atoms with van der Waals surface area (Å²) in [4.78, 5) is 10.8. The van der Waals surface area contributed by atoms with Crippen molar-refractivity contribution in [3.05, 3.63) is 47.1 Å². The minimum absolute atomic E-state index is 0.0472. The van der Waals surface area contributed by atoms with E-state index < -0.39 is 33.1 Å². The number of hydrogen-bond donors (Lipinski definition) is 2. The third-order valence-corrected chi connectivity index (χ3v) is 3.71. The molecule has 112 valence electrons. The van der Waals surface area contributed by atoms with Crippen molar-refractivity contribution in [2.24, 2.45) is 0 Å². The van der Waals surface area contributed by atoms with Gasteiger partial charge in [0.25, 0.3) is 0 Å². The van der Waals surface area contributed by atoms with Crippen LogP contribution in [0.15, 0.2) is 28.8 Å². The molecule has 2 N–H and O–H groups in total. The normalized spacial score (nSPS) is 11.3. The van der Waals surface area contributed by atoms with Gasteiger partial charge in [0, 0.05) is 11.8 Å². The van der Waals surface area contributed by atoms with E-state index in [-0.39, 0.29) is 11.4 Å². The van der Waals surface area contributed by atoms with E-state index in [1.54, 1.807) is 6.92 Å². The first-order valence-electron chi connectivity index (χ1n) is 5.72. The van der Waals surface area contributed by atoms with Crippen molar-refractivity contribution in [1.82, 2.24) is 5.16 Å². The maximum atomic E-state index is 13.2. The topological polar surface area (TPSA) is 110 Å². The highest BCUT2D eigenvalue weighted by molar-refractivity contribution is 7.91. The number of hydrogen-bond acceptors (Lipinski definition) is 5. The SMILES string of the molecule is Cc1cc(CS(=O)(=O)Nc2ccc(F)c(C(=O)O)c2)no1. The van der Waals surface area contributed by atoms with Crippen molar-refractivity contribution in [2.45, 2.75) is 12.7 Å². The second-order valence-electron chi connectivity index (χ2n) is 4.29. The summed E-state index contributed by atoms with van der Waals surface area (Å²) >= 11 is 0. The van der Waals surface area contributed by atoms with Crippen molar-refractivity contribution in [3.63, 3.8) is 0 Å². The fourth-order valence-electron chi connectivity index (χ4n) is 1.65. The quantitative estimate of drug-likeness (QED) is 0.870. The van der Waals surface area contributed by atoms with E-state index in [1.807, 2.05) is 0 Å². The number of halogens is 1. The molecule has 7 nitrogen and oxygen atoms in total. The first kappa shape index (κ1) is 15.0. The number of carbonyl (C=O) groups is 1. The molecule has 0 aliphatic carbocycles. The Morgan fingerprint density at radius 3 is 2.71 bits per heavy atom. The first-order chi connectivity index (χ1) is 9.77. The molecule has 0 saturated heterocycles. The highest BCUT2D eigenvalue weighted by Gasteiger charge is 2.17. The summed E-state index contributed by atoms with van der Waals surface area (Å²) in [6.07, 6.45) is 0. The summed E-state index contributed by atoms with van der Waals surface area (Å²) in [6, 6.07) is 4.38. The van der Waals surface area contributed by atoms with Gasteiger partial charge < -0.3 is 9.63 Å². The van der Waals surface area contributed by atoms with Crippen LogP contribution in [0.3, 0.4) is 0 Å². The second kappa shape index (κ2) is 5.52. The molecule has 1 heterocycles. The van der Waals surface area contributed by atoms with E-state index in [4.69, 9.17) is 9.63 Å². The summed E-state index contributed by atoms with van der Waals surface area (Å²) in [5.41, 5.74) is -0.456. The Labute approximate surface area is 119 Å². The Balaban J connectivity index is 2.20. The Morgan fingerprint density at radius 2 is 2.14 bits per heavy atom. The number of carboxylic acid groups (broad SMARTS) is 1. The predicted octanol–water partition coefficient (Wildman–Crippen LogP) is 1.76. The maximum Gasteiger partial charge on any atom is 0.338 e. The lowest BCUT2D eigenvalue weighted by atomic mass is 10.2. The molecule has 1 aromatic heterocycles. The molecule has 2 rings (SSSR count). The maximum absolute atomic E-state index is 13.2. The lowest BCUT2D eigenvalue weighted by Gasteiger charge is -2.07. The Bertz CT molecular complexity index is 785. The Kier molecular flexibility index (Phi) is 3.94. The summed E-state index contributed by atoms with van der Waals surface area (Å²) in [5.74, 6) is -2.40. The molecule has 0 fully saturated rings. The molecule has 0 spiro atoms. The van der Waals surface area contributed by atoms with Crippen LogP contribution in [0.25, 0.3) is 0 Å². The first-order valence-corrected chi connectivity index (χ1v) is 7.37. The number of nitrogens with one attached hydrogen (secondary N) is 1. The van der Waals surface area contributed by atoms with E-state index in [9.17, 15) is 17.6 Å². The van der Waals surface area contributed by atoms with Gasteiger partial charge in [0.2, 0.25) is 10.0 Å². The number of aryl methyl sites for hydroxylation is 1. The fraction of sp³-hybridized carbons (Fsp3) is 0.167. The van der Waals surface area contributed by atoms with E-state index in [2.05, 4.69) is 9.88 Å². The third-order valence-electron chi connectivity index (χ3n) is 2.48. The van der Waals surface area contributed by atoms with Crippen LogP contribution in [0, 0.1) is 12.7 Å². The standard InChI is InChI=1S/C12H11FN2O5S/c1-7-4-9(14-20-7)6-21(18,19)15-8-2-3-11(13)10(5-8)12(16)17/h2-5,15H,6H2,1H3,(H,16,17). The van der Waals surface area contributed by atoms with Crippen LogP contribution in [0.2, 0.25) is 0 Å². The number of anilines is 1. The van der Waals surface area contributed by atoms with Crippen molar-refractivity contribution in [1.29, 1.82) is 0 Å². The third kappa shape index (κ3) is 3.78. The van der Waals surface area contributed by atoms with Crippen LogP contribution < -0.4 is 4.72 Å². The zero-order chi connectivity index (χ0) is 15.6. The lowest BCUT2D eigenvalue weighted by Crippen LogP contribution is -2.16. The zero-order valence-corrected chi connectivity index (χ0v) is 11.6. The highest BCUT2D eigenvalue weighted by Crippen LogP contribution is 2.17. The molecule has 21 heavy (non-hydrogen) atoms. The summed E-state index contributed by atoms with van der Waals surface area (Å²) < 4.78 is 44.0. The van der Waals surface area contributed by atoms with Crippen LogP contribution in [0.4, 0.5) is 10.1 Å². The van der Waals surface area contributed by atoms with Crippen molar-refractivity contribution in [3.8, 4) is 0 Å². The number of benzene rings is 1. The summed E-state index contributed by atoms with van der Waals surface area (Å²) in [7, 11) is -3.82. The molecular weight excluding hydrogens is 303 g/mol. The van der Waals surface area contributed by atoms with E-state index in [1.165, 1.54) is 6.07 Å². The molecule has 0 amide bonds. The van der Waals surface area contributed by atoms with Crippen molar-refractivity contribution < 1.29 is 27.2 Å². The van der Waals surface area contributed by atoms with Gasteiger partial charge in [-0.25, -0.2) is 17.6 Å². The van der Waals surface area contributed by atoms with E-state index in [0.29, 0.717) is 5.76 Å². The van der Waals surface area contributed by atoms with Gasteiger partial charge in [-0.1, -0.05) is 5.16 Å². The smallest absolute Gasteiger partial charge is 0.338 e. The van der Waals surface area contributed by atoms with Gasteiger partial charge >= 0.3 is 5.97 Å². The number of nitrogens with zero attached hydrogens (tertiary/aromatic N) is 1.